The van der Waals surface area contributed by atoms with E-state index in [0.717, 1.165) is 30.8 Å². The zero-order valence-electron chi connectivity index (χ0n) is 20.5. The molecule has 1 atom stereocenters. The maximum atomic E-state index is 12.8. The Morgan fingerprint density at radius 2 is 1.71 bits per heavy atom. The number of carbonyl (C=O) groups is 1. The van der Waals surface area contributed by atoms with Gasteiger partial charge in [0.15, 0.2) is 0 Å². The summed E-state index contributed by atoms with van der Waals surface area (Å²) in [5, 5.41) is 3.21. The molecule has 0 radical (unpaired) electrons. The number of benzene rings is 3. The van der Waals surface area contributed by atoms with Crippen molar-refractivity contribution in [1.29, 1.82) is 0 Å². The van der Waals surface area contributed by atoms with Gasteiger partial charge in [-0.05, 0) is 59.9 Å². The topological polar surface area (TPSA) is 44.8 Å². The van der Waals surface area contributed by atoms with Gasteiger partial charge >= 0.3 is 0 Å². The smallest absolute Gasteiger partial charge is 0.224 e. The number of anilines is 1. The molecule has 1 aliphatic rings. The minimum absolute atomic E-state index is 0.0384. The molecule has 178 valence electrons. The molecule has 3 aromatic carbocycles. The van der Waals surface area contributed by atoms with Crippen LogP contribution in [-0.4, -0.2) is 44.6 Å². The summed E-state index contributed by atoms with van der Waals surface area (Å²) in [6.07, 6.45) is 1.39. The summed E-state index contributed by atoms with van der Waals surface area (Å²) < 4.78 is 5.50. The highest BCUT2D eigenvalue weighted by Crippen LogP contribution is 2.29. The first-order chi connectivity index (χ1) is 16.5. The molecule has 1 amide bonds. The van der Waals surface area contributed by atoms with E-state index in [9.17, 15) is 4.79 Å². The van der Waals surface area contributed by atoms with Crippen LogP contribution in [0.2, 0.25) is 0 Å². The number of hydrogen-bond donors (Lipinski definition) is 1. The van der Waals surface area contributed by atoms with Crippen molar-refractivity contribution in [2.45, 2.75) is 32.4 Å². The first-order valence-electron chi connectivity index (χ1n) is 12.1. The first kappa shape index (κ1) is 23.8. The van der Waals surface area contributed by atoms with Gasteiger partial charge in [-0.15, -0.1) is 0 Å². The second kappa shape index (κ2) is 11.2. The average molecular weight is 458 g/mol. The quantitative estimate of drug-likeness (QED) is 0.510. The van der Waals surface area contributed by atoms with Crippen molar-refractivity contribution in [3.8, 4) is 5.75 Å². The van der Waals surface area contributed by atoms with Gasteiger partial charge in [0.1, 0.15) is 5.75 Å². The second-order valence-electron chi connectivity index (χ2n) is 9.05. The van der Waals surface area contributed by atoms with Crippen molar-refractivity contribution in [3.05, 3.63) is 95.1 Å². The van der Waals surface area contributed by atoms with Crippen LogP contribution >= 0.6 is 0 Å². The summed E-state index contributed by atoms with van der Waals surface area (Å²) in [6.45, 7) is 5.06. The molecular formula is C29H35N3O2. The van der Waals surface area contributed by atoms with Crippen LogP contribution < -0.4 is 15.0 Å². The van der Waals surface area contributed by atoms with Gasteiger partial charge in [-0.1, -0.05) is 48.5 Å². The van der Waals surface area contributed by atoms with Crippen molar-refractivity contribution in [2.75, 3.05) is 38.7 Å². The van der Waals surface area contributed by atoms with Crippen molar-refractivity contribution in [2.24, 2.45) is 0 Å². The Morgan fingerprint density at radius 3 is 2.38 bits per heavy atom. The van der Waals surface area contributed by atoms with Crippen molar-refractivity contribution in [1.82, 2.24) is 10.2 Å². The lowest BCUT2D eigenvalue weighted by Crippen LogP contribution is -2.41. The van der Waals surface area contributed by atoms with Gasteiger partial charge in [-0.25, -0.2) is 0 Å². The fourth-order valence-corrected chi connectivity index (χ4v) is 4.56. The summed E-state index contributed by atoms with van der Waals surface area (Å²) in [7, 11) is 4.10. The molecule has 0 saturated carbocycles. The van der Waals surface area contributed by atoms with Gasteiger partial charge in [0.05, 0.1) is 19.1 Å². The third kappa shape index (κ3) is 5.97. The minimum atomic E-state index is 0.0384. The Labute approximate surface area is 203 Å². The van der Waals surface area contributed by atoms with Crippen LogP contribution in [0.3, 0.4) is 0 Å². The number of ether oxygens (including phenoxy) is 1. The fraction of sp³-hybridized carbons (Fsp3) is 0.345. The fourth-order valence-electron chi connectivity index (χ4n) is 4.56. The molecule has 1 N–H and O–H groups in total. The van der Waals surface area contributed by atoms with E-state index in [-0.39, 0.29) is 11.9 Å². The molecule has 3 aromatic rings. The molecule has 0 aromatic heterocycles. The Hall–Kier alpha value is -3.31. The van der Waals surface area contributed by atoms with Crippen LogP contribution in [0.5, 0.6) is 5.75 Å². The summed E-state index contributed by atoms with van der Waals surface area (Å²) in [5.74, 6) is 0.870. The molecule has 34 heavy (non-hydrogen) atoms. The normalized spacial score (nSPS) is 14.2. The molecule has 0 aliphatic carbocycles. The molecular weight excluding hydrogens is 422 g/mol. The molecule has 0 bridgehead atoms. The van der Waals surface area contributed by atoms with Gasteiger partial charge in [0, 0.05) is 39.4 Å². The maximum absolute atomic E-state index is 12.8. The minimum Gasteiger partial charge on any atom is -0.494 e. The third-order valence-electron chi connectivity index (χ3n) is 6.49. The molecule has 0 saturated heterocycles. The number of rotatable bonds is 9. The van der Waals surface area contributed by atoms with E-state index in [2.05, 4.69) is 77.7 Å². The lowest BCUT2D eigenvalue weighted by Gasteiger charge is -2.36. The summed E-state index contributed by atoms with van der Waals surface area (Å²) in [6, 6.07) is 25.3. The summed E-state index contributed by atoms with van der Waals surface area (Å²) in [5.41, 5.74) is 6.20. The second-order valence-corrected chi connectivity index (χ2v) is 9.05. The molecule has 5 heteroatoms. The van der Waals surface area contributed by atoms with Gasteiger partial charge in [0.2, 0.25) is 5.91 Å². The van der Waals surface area contributed by atoms with E-state index in [1.54, 1.807) is 0 Å². The zero-order valence-corrected chi connectivity index (χ0v) is 20.5. The zero-order chi connectivity index (χ0) is 23.9. The molecule has 0 spiro atoms. The number of nitrogens with one attached hydrogen (secondary N) is 1. The number of fused-ring (bicyclic) bond motifs is 1. The Morgan fingerprint density at radius 1 is 1.00 bits per heavy atom. The Bertz CT molecular complexity index is 1080. The first-order valence-corrected chi connectivity index (χ1v) is 12.1. The van der Waals surface area contributed by atoms with Crippen LogP contribution in [0.15, 0.2) is 72.8 Å². The predicted molar refractivity (Wildman–Crippen MR) is 138 cm³/mol. The summed E-state index contributed by atoms with van der Waals surface area (Å²) >= 11 is 0. The lowest BCUT2D eigenvalue weighted by molar-refractivity contribution is -0.120. The van der Waals surface area contributed by atoms with Gasteiger partial charge in [-0.3, -0.25) is 9.69 Å². The van der Waals surface area contributed by atoms with E-state index >= 15 is 0 Å². The number of hydrogen-bond acceptors (Lipinski definition) is 4. The van der Waals surface area contributed by atoms with E-state index in [4.69, 9.17) is 4.74 Å². The molecule has 0 fully saturated rings. The van der Waals surface area contributed by atoms with Crippen molar-refractivity contribution < 1.29 is 9.53 Å². The maximum Gasteiger partial charge on any atom is 0.224 e. The SMILES string of the molecule is CCOc1ccc(CC(=O)NC[C@@H](c2ccc(N(C)C)cc2)N2CCc3ccccc3C2)cc1. The van der Waals surface area contributed by atoms with Crippen LogP contribution in [0.1, 0.15) is 35.2 Å². The number of amides is 1. The average Bonchev–Trinajstić information content (AvgIpc) is 2.86. The highest BCUT2D eigenvalue weighted by atomic mass is 16.5. The summed E-state index contributed by atoms with van der Waals surface area (Å²) in [4.78, 5) is 17.4. The molecule has 5 nitrogen and oxygen atoms in total. The van der Waals surface area contributed by atoms with E-state index in [1.807, 2.05) is 31.2 Å². The van der Waals surface area contributed by atoms with Gasteiger partial charge in [-0.2, -0.15) is 0 Å². The van der Waals surface area contributed by atoms with Crippen LogP contribution in [0.25, 0.3) is 0 Å². The molecule has 0 unspecified atom stereocenters. The van der Waals surface area contributed by atoms with Gasteiger partial charge < -0.3 is 15.0 Å². The third-order valence-corrected chi connectivity index (χ3v) is 6.49. The highest BCUT2D eigenvalue weighted by molar-refractivity contribution is 5.78. The number of nitrogens with zero attached hydrogens (tertiary/aromatic N) is 2. The van der Waals surface area contributed by atoms with Crippen LogP contribution in [0.4, 0.5) is 5.69 Å². The lowest BCUT2D eigenvalue weighted by atomic mass is 9.96. The Balaban J connectivity index is 1.46. The van der Waals surface area contributed by atoms with Crippen LogP contribution in [0, 0.1) is 0 Å². The monoisotopic (exact) mass is 457 g/mol. The number of carbonyl (C=O) groups excluding carboxylic acids is 1. The predicted octanol–water partition coefficient (Wildman–Crippen LogP) is 4.61. The van der Waals surface area contributed by atoms with Gasteiger partial charge in [0.25, 0.3) is 0 Å². The standard InChI is InChI=1S/C29H35N3O2/c1-4-34-27-15-9-22(10-16-27)19-29(33)30-20-28(24-11-13-26(14-12-24)31(2)3)32-18-17-23-7-5-6-8-25(23)21-32/h5-16,28H,4,17-21H2,1-3H3,(H,30,33)/t28-/m0/s1. The molecule has 1 heterocycles. The Kier molecular flexibility index (Phi) is 7.86. The van der Waals surface area contributed by atoms with Crippen LogP contribution in [-0.2, 0) is 24.2 Å². The molecule has 1 aliphatic heterocycles. The van der Waals surface area contributed by atoms with E-state index in [0.29, 0.717) is 19.6 Å². The highest BCUT2D eigenvalue weighted by Gasteiger charge is 2.25. The largest absolute Gasteiger partial charge is 0.494 e. The van der Waals surface area contributed by atoms with E-state index in [1.165, 1.54) is 22.4 Å². The van der Waals surface area contributed by atoms with Crippen molar-refractivity contribution in [3.63, 3.8) is 0 Å². The molecule has 4 rings (SSSR count). The van der Waals surface area contributed by atoms with E-state index < -0.39 is 0 Å². The van der Waals surface area contributed by atoms with Crippen molar-refractivity contribution >= 4 is 11.6 Å².